The molecule has 2 unspecified atom stereocenters. The van der Waals surface area contributed by atoms with Crippen LogP contribution in [-0.4, -0.2) is 22.3 Å². The summed E-state index contributed by atoms with van der Waals surface area (Å²) in [5, 5.41) is 8.34. The summed E-state index contributed by atoms with van der Waals surface area (Å²) in [4.78, 5) is 0. The molecule has 20 heavy (non-hydrogen) atoms. The summed E-state index contributed by atoms with van der Waals surface area (Å²) >= 11 is 0. The van der Waals surface area contributed by atoms with E-state index in [-0.39, 0.29) is 12.1 Å². The number of rotatable bonds is 3. The van der Waals surface area contributed by atoms with Gasteiger partial charge in [0.1, 0.15) is 11.9 Å². The van der Waals surface area contributed by atoms with Crippen LogP contribution in [0.5, 0.6) is 5.75 Å². The fourth-order valence-electron chi connectivity index (χ4n) is 3.19. The van der Waals surface area contributed by atoms with E-state index >= 15 is 0 Å². The highest BCUT2D eigenvalue weighted by Gasteiger charge is 2.22. The van der Waals surface area contributed by atoms with Gasteiger partial charge in [0.25, 0.3) is 0 Å². The third-order valence-electron chi connectivity index (χ3n) is 4.16. The molecule has 0 amide bonds. The van der Waals surface area contributed by atoms with Crippen LogP contribution in [0.15, 0.2) is 18.3 Å². The molecule has 4 nitrogen and oxygen atoms in total. The van der Waals surface area contributed by atoms with Crippen molar-refractivity contribution in [3.63, 3.8) is 0 Å². The second-order valence-corrected chi connectivity index (χ2v) is 6.13. The van der Waals surface area contributed by atoms with E-state index in [2.05, 4.69) is 30.1 Å². The van der Waals surface area contributed by atoms with Crippen LogP contribution < -0.4 is 10.5 Å². The third kappa shape index (κ3) is 2.52. The molecule has 0 spiro atoms. The maximum Gasteiger partial charge on any atom is 0.123 e. The zero-order valence-corrected chi connectivity index (χ0v) is 12.2. The highest BCUT2D eigenvalue weighted by molar-refractivity contribution is 5.84. The summed E-state index contributed by atoms with van der Waals surface area (Å²) in [5.74, 6) is 1.40. The number of aromatic amines is 1. The summed E-state index contributed by atoms with van der Waals surface area (Å²) < 4.78 is 6.27. The zero-order valence-electron chi connectivity index (χ0n) is 12.2. The second kappa shape index (κ2) is 5.44. The van der Waals surface area contributed by atoms with Crippen molar-refractivity contribution in [3.8, 4) is 5.75 Å². The van der Waals surface area contributed by atoms with Gasteiger partial charge in [-0.15, -0.1) is 0 Å². The van der Waals surface area contributed by atoms with Crippen molar-refractivity contribution in [1.82, 2.24) is 10.2 Å². The van der Waals surface area contributed by atoms with Crippen molar-refractivity contribution < 1.29 is 4.74 Å². The molecule has 1 aliphatic rings. The Hall–Kier alpha value is -1.55. The smallest absolute Gasteiger partial charge is 0.123 e. The summed E-state index contributed by atoms with van der Waals surface area (Å²) in [6.07, 6.45) is 6.49. The van der Waals surface area contributed by atoms with E-state index in [1.54, 1.807) is 0 Å². The molecule has 3 rings (SSSR count). The minimum atomic E-state index is 0.251. The lowest BCUT2D eigenvalue weighted by Gasteiger charge is -2.28. The Labute approximate surface area is 119 Å². The quantitative estimate of drug-likeness (QED) is 0.901. The molecule has 108 valence electrons. The van der Waals surface area contributed by atoms with E-state index in [9.17, 15) is 0 Å². The lowest BCUT2D eigenvalue weighted by Crippen LogP contribution is -2.33. The number of fused-ring (bicyclic) bond motifs is 1. The molecule has 1 heterocycles. The molecule has 1 aromatic heterocycles. The molecule has 0 saturated heterocycles. The van der Waals surface area contributed by atoms with E-state index < -0.39 is 0 Å². The lowest BCUT2D eigenvalue weighted by molar-refractivity contribution is 0.143. The number of aromatic nitrogens is 2. The number of ether oxygens (including phenoxy) is 1. The molecule has 0 radical (unpaired) electrons. The van der Waals surface area contributed by atoms with Crippen LogP contribution in [0, 0.1) is 0 Å². The van der Waals surface area contributed by atoms with Crippen molar-refractivity contribution >= 4 is 10.9 Å². The van der Waals surface area contributed by atoms with Crippen molar-refractivity contribution in [3.05, 3.63) is 23.9 Å². The first kappa shape index (κ1) is 13.4. The SMILES string of the molecule is CC(C)c1c(OC2CCCC(N)C2)ccc2[nH]ncc12. The average Bonchev–Trinajstić information content (AvgIpc) is 2.86. The van der Waals surface area contributed by atoms with Crippen LogP contribution in [0.2, 0.25) is 0 Å². The first-order chi connectivity index (χ1) is 9.65. The van der Waals surface area contributed by atoms with Crippen molar-refractivity contribution in [2.45, 2.75) is 57.6 Å². The van der Waals surface area contributed by atoms with Gasteiger partial charge in [0.15, 0.2) is 0 Å². The van der Waals surface area contributed by atoms with Crippen LogP contribution in [0.4, 0.5) is 0 Å². The molecule has 3 N–H and O–H groups in total. The Morgan fingerprint density at radius 2 is 2.20 bits per heavy atom. The Morgan fingerprint density at radius 3 is 2.95 bits per heavy atom. The van der Waals surface area contributed by atoms with Gasteiger partial charge >= 0.3 is 0 Å². The van der Waals surface area contributed by atoms with E-state index in [0.29, 0.717) is 5.92 Å². The molecular formula is C16H23N3O. The van der Waals surface area contributed by atoms with Crippen molar-refractivity contribution in [1.29, 1.82) is 0 Å². The van der Waals surface area contributed by atoms with Gasteiger partial charge in [-0.2, -0.15) is 5.10 Å². The Balaban J connectivity index is 1.92. The van der Waals surface area contributed by atoms with Gasteiger partial charge in [0.05, 0.1) is 11.7 Å². The second-order valence-electron chi connectivity index (χ2n) is 6.13. The molecule has 1 aliphatic carbocycles. The summed E-state index contributed by atoms with van der Waals surface area (Å²) in [5.41, 5.74) is 8.37. The average molecular weight is 273 g/mol. The predicted octanol–water partition coefficient (Wildman–Crippen LogP) is 3.34. The minimum Gasteiger partial charge on any atom is -0.490 e. The molecule has 1 aromatic carbocycles. The van der Waals surface area contributed by atoms with Gasteiger partial charge in [-0.1, -0.05) is 13.8 Å². The Bertz CT molecular complexity index is 590. The number of nitrogens with two attached hydrogens (primary N) is 1. The molecule has 4 heteroatoms. The largest absolute Gasteiger partial charge is 0.490 e. The van der Waals surface area contributed by atoms with Crippen LogP contribution in [-0.2, 0) is 0 Å². The van der Waals surface area contributed by atoms with Crippen molar-refractivity contribution in [2.75, 3.05) is 0 Å². The molecule has 2 atom stereocenters. The maximum absolute atomic E-state index is 6.27. The molecule has 1 saturated carbocycles. The number of H-pyrrole nitrogens is 1. The van der Waals surface area contributed by atoms with Gasteiger partial charge < -0.3 is 10.5 Å². The maximum atomic E-state index is 6.27. The first-order valence-electron chi connectivity index (χ1n) is 7.53. The highest BCUT2D eigenvalue weighted by Crippen LogP contribution is 2.35. The fraction of sp³-hybridized carbons (Fsp3) is 0.562. The highest BCUT2D eigenvalue weighted by atomic mass is 16.5. The summed E-state index contributed by atoms with van der Waals surface area (Å²) in [6, 6.07) is 4.40. The zero-order chi connectivity index (χ0) is 14.1. The van der Waals surface area contributed by atoms with Gasteiger partial charge in [-0.3, -0.25) is 5.10 Å². The fourth-order valence-corrected chi connectivity index (χ4v) is 3.19. The van der Waals surface area contributed by atoms with E-state index in [4.69, 9.17) is 10.5 Å². The van der Waals surface area contributed by atoms with E-state index in [1.165, 1.54) is 5.56 Å². The lowest BCUT2D eigenvalue weighted by atomic mass is 9.93. The van der Waals surface area contributed by atoms with Crippen molar-refractivity contribution in [2.24, 2.45) is 5.73 Å². The summed E-state index contributed by atoms with van der Waals surface area (Å²) in [6.45, 7) is 4.39. The van der Waals surface area contributed by atoms with Crippen LogP contribution in [0.1, 0.15) is 51.0 Å². The normalized spacial score (nSPS) is 23.4. The Morgan fingerprint density at radius 1 is 1.35 bits per heavy atom. The van der Waals surface area contributed by atoms with Crippen LogP contribution in [0.25, 0.3) is 10.9 Å². The predicted molar refractivity (Wildman–Crippen MR) is 81.0 cm³/mol. The standard InChI is InChI=1S/C16H23N3O/c1-10(2)16-13-9-18-19-14(13)6-7-15(16)20-12-5-3-4-11(17)8-12/h6-7,9-12H,3-5,8,17H2,1-2H3,(H,18,19). The summed E-state index contributed by atoms with van der Waals surface area (Å²) in [7, 11) is 0. The first-order valence-corrected chi connectivity index (χ1v) is 7.53. The molecule has 0 bridgehead atoms. The number of hydrogen-bond acceptors (Lipinski definition) is 3. The third-order valence-corrected chi connectivity index (χ3v) is 4.16. The molecule has 2 aromatic rings. The van der Waals surface area contributed by atoms with Gasteiger partial charge in [0, 0.05) is 17.0 Å². The topological polar surface area (TPSA) is 63.9 Å². The van der Waals surface area contributed by atoms with Crippen LogP contribution >= 0.6 is 0 Å². The van der Waals surface area contributed by atoms with E-state index in [1.807, 2.05) is 12.3 Å². The Kier molecular flexibility index (Phi) is 3.66. The van der Waals surface area contributed by atoms with Crippen LogP contribution in [0.3, 0.4) is 0 Å². The molecular weight excluding hydrogens is 250 g/mol. The van der Waals surface area contributed by atoms with Gasteiger partial charge in [-0.25, -0.2) is 0 Å². The minimum absolute atomic E-state index is 0.251. The van der Waals surface area contributed by atoms with Gasteiger partial charge in [-0.05, 0) is 43.7 Å². The monoisotopic (exact) mass is 273 g/mol. The van der Waals surface area contributed by atoms with E-state index in [0.717, 1.165) is 42.3 Å². The number of hydrogen-bond donors (Lipinski definition) is 2. The number of nitrogens with zero attached hydrogens (tertiary/aromatic N) is 1. The van der Waals surface area contributed by atoms with Gasteiger partial charge in [0.2, 0.25) is 0 Å². The molecule has 0 aliphatic heterocycles. The number of nitrogens with one attached hydrogen (secondary N) is 1. The number of benzene rings is 1. The molecule has 1 fully saturated rings.